The molecule has 5 aromatic rings. The number of nitriles is 1. The summed E-state index contributed by atoms with van der Waals surface area (Å²) in [5, 5.41) is 20.8. The predicted molar refractivity (Wildman–Crippen MR) is 138 cm³/mol. The minimum atomic E-state index is 0.409. The Balaban J connectivity index is 1.87. The van der Waals surface area contributed by atoms with E-state index in [1.165, 1.54) is 49.0 Å². The standard InChI is InChI=1S/C30H28N2/c1-17(2)26-14-19(5)22-10-11-24-27(18(3)4)15-28(25-13-12-23(26)29(22)30(24)25)32-21-8-6-20(16-31)7-9-21/h6-15,17-18,32H,1-5H3. The van der Waals surface area contributed by atoms with Crippen molar-refractivity contribution in [3.05, 3.63) is 82.9 Å². The zero-order valence-electron chi connectivity index (χ0n) is 19.4. The van der Waals surface area contributed by atoms with Crippen molar-refractivity contribution in [3.8, 4) is 6.07 Å². The normalized spacial score (nSPS) is 11.8. The molecular weight excluding hydrogens is 388 g/mol. The molecule has 0 saturated heterocycles. The molecule has 0 atom stereocenters. The van der Waals surface area contributed by atoms with Crippen LogP contribution < -0.4 is 5.32 Å². The molecule has 0 bridgehead atoms. The predicted octanol–water partition coefficient (Wildman–Crippen LogP) is 8.75. The molecule has 0 aromatic heterocycles. The lowest BCUT2D eigenvalue weighted by Crippen LogP contribution is -2.00. The van der Waals surface area contributed by atoms with Crippen LogP contribution in [0.15, 0.2) is 60.7 Å². The zero-order valence-corrected chi connectivity index (χ0v) is 19.4. The van der Waals surface area contributed by atoms with E-state index in [4.69, 9.17) is 5.26 Å². The van der Waals surface area contributed by atoms with Gasteiger partial charge in [0.2, 0.25) is 0 Å². The van der Waals surface area contributed by atoms with Crippen molar-refractivity contribution in [3.63, 3.8) is 0 Å². The summed E-state index contributed by atoms with van der Waals surface area (Å²) in [6.07, 6.45) is 0. The minimum Gasteiger partial charge on any atom is -0.355 e. The van der Waals surface area contributed by atoms with Gasteiger partial charge in [0, 0.05) is 16.8 Å². The fraction of sp³-hybridized carbons (Fsp3) is 0.233. The monoisotopic (exact) mass is 416 g/mol. The molecule has 0 aliphatic rings. The Kier molecular flexibility index (Phi) is 4.79. The molecule has 2 heteroatoms. The Bertz CT molecular complexity index is 1500. The Morgan fingerprint density at radius 3 is 1.81 bits per heavy atom. The van der Waals surface area contributed by atoms with Crippen LogP contribution in [0.2, 0.25) is 0 Å². The third kappa shape index (κ3) is 3.09. The molecule has 0 radical (unpaired) electrons. The highest BCUT2D eigenvalue weighted by molar-refractivity contribution is 6.27. The van der Waals surface area contributed by atoms with Gasteiger partial charge in [-0.2, -0.15) is 5.26 Å². The summed E-state index contributed by atoms with van der Waals surface area (Å²) in [5.74, 6) is 0.880. The van der Waals surface area contributed by atoms with Crippen LogP contribution in [0.25, 0.3) is 32.3 Å². The summed E-state index contributed by atoms with van der Waals surface area (Å²) in [4.78, 5) is 0. The number of nitrogens with zero attached hydrogens (tertiary/aromatic N) is 1. The van der Waals surface area contributed by atoms with E-state index in [-0.39, 0.29) is 0 Å². The number of rotatable bonds is 4. The molecule has 0 heterocycles. The van der Waals surface area contributed by atoms with Gasteiger partial charge in [-0.05, 0) is 92.7 Å². The number of hydrogen-bond acceptors (Lipinski definition) is 2. The fourth-order valence-electron chi connectivity index (χ4n) is 5.07. The van der Waals surface area contributed by atoms with Gasteiger partial charge in [-0.15, -0.1) is 0 Å². The van der Waals surface area contributed by atoms with E-state index in [1.807, 2.05) is 24.3 Å². The quantitative estimate of drug-likeness (QED) is 0.297. The molecule has 5 rings (SSSR count). The van der Waals surface area contributed by atoms with Gasteiger partial charge in [-0.1, -0.05) is 58.0 Å². The maximum atomic E-state index is 9.13. The highest BCUT2D eigenvalue weighted by atomic mass is 14.9. The number of nitrogens with one attached hydrogen (secondary N) is 1. The first-order valence-electron chi connectivity index (χ1n) is 11.4. The number of anilines is 2. The van der Waals surface area contributed by atoms with Gasteiger partial charge >= 0.3 is 0 Å². The van der Waals surface area contributed by atoms with Crippen molar-refractivity contribution in [2.75, 3.05) is 5.32 Å². The Labute approximate surface area is 189 Å². The lowest BCUT2D eigenvalue weighted by Gasteiger charge is -2.22. The maximum Gasteiger partial charge on any atom is 0.0991 e. The summed E-state index contributed by atoms with van der Waals surface area (Å²) in [6.45, 7) is 11.3. The van der Waals surface area contributed by atoms with Gasteiger partial charge in [-0.25, -0.2) is 0 Å². The summed E-state index contributed by atoms with van der Waals surface area (Å²) in [5.41, 5.74) is 6.90. The average Bonchev–Trinajstić information content (AvgIpc) is 2.79. The molecule has 0 spiro atoms. The van der Waals surface area contributed by atoms with E-state index in [9.17, 15) is 0 Å². The first-order valence-corrected chi connectivity index (χ1v) is 11.4. The molecule has 2 nitrogen and oxygen atoms in total. The molecule has 0 amide bonds. The zero-order chi connectivity index (χ0) is 22.6. The van der Waals surface area contributed by atoms with E-state index >= 15 is 0 Å². The molecule has 0 unspecified atom stereocenters. The van der Waals surface area contributed by atoms with Gasteiger partial charge in [0.1, 0.15) is 0 Å². The minimum absolute atomic E-state index is 0.409. The first-order chi connectivity index (χ1) is 15.4. The lowest BCUT2D eigenvalue weighted by atomic mass is 9.84. The third-order valence-electron chi connectivity index (χ3n) is 6.71. The van der Waals surface area contributed by atoms with Crippen LogP contribution in [-0.2, 0) is 0 Å². The van der Waals surface area contributed by atoms with Crippen molar-refractivity contribution >= 4 is 43.7 Å². The van der Waals surface area contributed by atoms with Gasteiger partial charge in [0.25, 0.3) is 0 Å². The van der Waals surface area contributed by atoms with Crippen molar-refractivity contribution in [2.45, 2.75) is 46.5 Å². The van der Waals surface area contributed by atoms with Crippen LogP contribution in [0, 0.1) is 18.3 Å². The smallest absolute Gasteiger partial charge is 0.0991 e. The number of hydrogen-bond donors (Lipinski definition) is 1. The van der Waals surface area contributed by atoms with Gasteiger partial charge in [0.15, 0.2) is 0 Å². The van der Waals surface area contributed by atoms with Crippen LogP contribution >= 0.6 is 0 Å². The highest BCUT2D eigenvalue weighted by Gasteiger charge is 2.19. The van der Waals surface area contributed by atoms with Gasteiger partial charge < -0.3 is 5.32 Å². The summed E-state index contributed by atoms with van der Waals surface area (Å²) < 4.78 is 0. The SMILES string of the molecule is Cc1cc(C(C)C)c2ccc3c(Nc4ccc(C#N)cc4)cc(C(C)C)c4ccc1c2c34. The molecule has 5 aromatic carbocycles. The highest BCUT2D eigenvalue weighted by Crippen LogP contribution is 2.44. The van der Waals surface area contributed by atoms with Gasteiger partial charge in [0.05, 0.1) is 11.6 Å². The molecule has 0 aliphatic carbocycles. The van der Waals surface area contributed by atoms with Crippen LogP contribution in [0.1, 0.15) is 61.8 Å². The Morgan fingerprint density at radius 2 is 1.22 bits per heavy atom. The van der Waals surface area contributed by atoms with Crippen LogP contribution in [0.4, 0.5) is 11.4 Å². The van der Waals surface area contributed by atoms with E-state index in [0.717, 1.165) is 11.4 Å². The second-order valence-corrected chi connectivity index (χ2v) is 9.49. The summed E-state index contributed by atoms with van der Waals surface area (Å²) >= 11 is 0. The number of aryl methyl sites for hydroxylation is 1. The fourth-order valence-corrected chi connectivity index (χ4v) is 5.07. The second-order valence-electron chi connectivity index (χ2n) is 9.49. The van der Waals surface area contributed by atoms with Crippen LogP contribution in [0.3, 0.4) is 0 Å². The summed E-state index contributed by atoms with van der Waals surface area (Å²) in [6, 6.07) is 23.8. The third-order valence-corrected chi connectivity index (χ3v) is 6.71. The Morgan fingerprint density at radius 1 is 0.688 bits per heavy atom. The number of benzene rings is 5. The van der Waals surface area contributed by atoms with E-state index < -0.39 is 0 Å². The lowest BCUT2D eigenvalue weighted by molar-refractivity contribution is 0.875. The van der Waals surface area contributed by atoms with Gasteiger partial charge in [-0.3, -0.25) is 0 Å². The molecule has 0 saturated carbocycles. The van der Waals surface area contributed by atoms with E-state index in [1.54, 1.807) is 0 Å². The molecule has 0 fully saturated rings. The Hall–Kier alpha value is -3.57. The topological polar surface area (TPSA) is 35.8 Å². The molecule has 1 N–H and O–H groups in total. The van der Waals surface area contributed by atoms with Crippen molar-refractivity contribution in [1.29, 1.82) is 5.26 Å². The molecule has 158 valence electrons. The summed E-state index contributed by atoms with van der Waals surface area (Å²) in [7, 11) is 0. The first kappa shape index (κ1) is 20.3. The largest absolute Gasteiger partial charge is 0.355 e. The average molecular weight is 417 g/mol. The van der Waals surface area contributed by atoms with Crippen LogP contribution in [-0.4, -0.2) is 0 Å². The van der Waals surface area contributed by atoms with E-state index in [2.05, 4.69) is 82.4 Å². The molecular formula is C30H28N2. The second kappa shape index (κ2) is 7.53. The molecule has 0 aliphatic heterocycles. The molecule has 32 heavy (non-hydrogen) atoms. The van der Waals surface area contributed by atoms with Crippen molar-refractivity contribution in [2.24, 2.45) is 0 Å². The van der Waals surface area contributed by atoms with Crippen molar-refractivity contribution in [1.82, 2.24) is 0 Å². The van der Waals surface area contributed by atoms with E-state index in [0.29, 0.717) is 17.4 Å². The van der Waals surface area contributed by atoms with Crippen LogP contribution in [0.5, 0.6) is 0 Å². The van der Waals surface area contributed by atoms with Crippen molar-refractivity contribution < 1.29 is 0 Å². The maximum absolute atomic E-state index is 9.13.